The summed E-state index contributed by atoms with van der Waals surface area (Å²) in [6.07, 6.45) is 11.6. The van der Waals surface area contributed by atoms with Gasteiger partial charge >= 0.3 is 0 Å². The molecule has 1 aromatic heterocycles. The van der Waals surface area contributed by atoms with E-state index in [0.29, 0.717) is 6.42 Å². The maximum Gasteiger partial charge on any atom is 0.182 e. The van der Waals surface area contributed by atoms with Crippen LogP contribution in [0.3, 0.4) is 0 Å². The fraction of sp³-hybridized carbons (Fsp3) is 0.421. The molecule has 0 radical (unpaired) electrons. The number of rotatable bonds is 3. The van der Waals surface area contributed by atoms with Crippen LogP contribution in [0.4, 0.5) is 0 Å². The minimum absolute atomic E-state index is 0.0387. The molecule has 0 saturated heterocycles. The Bertz CT molecular complexity index is 636. The van der Waals surface area contributed by atoms with Crippen molar-refractivity contribution in [2.45, 2.75) is 38.7 Å². The molecule has 3 rings (SSSR count). The number of furan rings is 1. The molecule has 2 aliphatic carbocycles. The summed E-state index contributed by atoms with van der Waals surface area (Å²) in [4.78, 5) is 12.6. The molecule has 1 heterocycles. The summed E-state index contributed by atoms with van der Waals surface area (Å²) in [6.45, 7) is 5.92. The van der Waals surface area contributed by atoms with Crippen LogP contribution in [-0.4, -0.2) is 17.0 Å². The monoisotopic (exact) mass is 298 g/mol. The van der Waals surface area contributed by atoms with Crippen molar-refractivity contribution in [1.82, 2.24) is 0 Å². The molecule has 0 unspecified atom stereocenters. The van der Waals surface area contributed by atoms with Crippen LogP contribution in [0.15, 0.2) is 52.9 Å². The molecule has 1 saturated carbocycles. The first kappa shape index (κ1) is 15.0. The Morgan fingerprint density at radius 3 is 3.05 bits per heavy atom. The lowest BCUT2D eigenvalue weighted by Gasteiger charge is -2.50. The molecule has 1 N–H and O–H groups in total. The molecule has 3 atom stereocenters. The zero-order chi connectivity index (χ0) is 15.7. The summed E-state index contributed by atoms with van der Waals surface area (Å²) < 4.78 is 5.09. The quantitative estimate of drug-likeness (QED) is 0.680. The van der Waals surface area contributed by atoms with Gasteiger partial charge in [-0.25, -0.2) is 0 Å². The molecule has 0 amide bonds. The first-order valence-corrected chi connectivity index (χ1v) is 7.87. The van der Waals surface area contributed by atoms with Crippen LogP contribution in [0.5, 0.6) is 0 Å². The number of ketones is 1. The van der Waals surface area contributed by atoms with Crippen molar-refractivity contribution in [2.75, 3.05) is 0 Å². The number of allylic oxidation sites excluding steroid dienone is 3. The van der Waals surface area contributed by atoms with Gasteiger partial charge in [-0.05, 0) is 49.8 Å². The van der Waals surface area contributed by atoms with E-state index >= 15 is 0 Å². The van der Waals surface area contributed by atoms with E-state index in [4.69, 9.17) is 4.42 Å². The van der Waals surface area contributed by atoms with Gasteiger partial charge in [0.05, 0.1) is 18.6 Å². The number of fused-ring (bicyclic) bond motifs is 1. The van der Waals surface area contributed by atoms with Crippen LogP contribution in [0.25, 0.3) is 6.08 Å². The van der Waals surface area contributed by atoms with E-state index in [0.717, 1.165) is 36.0 Å². The summed E-state index contributed by atoms with van der Waals surface area (Å²) in [5, 5.41) is 10.7. The summed E-state index contributed by atoms with van der Waals surface area (Å²) in [5.41, 5.74) is 2.33. The lowest BCUT2D eigenvalue weighted by atomic mass is 9.55. The van der Waals surface area contributed by atoms with Crippen LogP contribution >= 0.6 is 0 Å². The highest BCUT2D eigenvalue weighted by Gasteiger charge is 2.50. The highest BCUT2D eigenvalue weighted by Crippen LogP contribution is 2.54. The molecule has 0 spiro atoms. The van der Waals surface area contributed by atoms with Crippen molar-refractivity contribution < 1.29 is 14.3 Å². The standard InChI is InChI=1S/C19H22O3/c1-3-8-19-13(2)16(10-14-7-9-22-12-14)17(20)11-15(19)5-4-6-18(19)21/h3,7,9-13,18,21H,1,4-6,8H2,2H3/t13-,18-,19-/m0/s1. The highest BCUT2D eigenvalue weighted by molar-refractivity contribution is 6.09. The van der Waals surface area contributed by atoms with E-state index in [1.165, 1.54) is 0 Å². The number of hydrogen-bond donors (Lipinski definition) is 1. The minimum Gasteiger partial charge on any atom is -0.472 e. The third-order valence-electron chi connectivity index (χ3n) is 5.29. The molecule has 3 nitrogen and oxygen atoms in total. The maximum absolute atomic E-state index is 12.6. The first-order chi connectivity index (χ1) is 10.6. The Hall–Kier alpha value is -1.87. The van der Waals surface area contributed by atoms with E-state index in [-0.39, 0.29) is 17.1 Å². The molecule has 1 fully saturated rings. The van der Waals surface area contributed by atoms with E-state index in [1.54, 1.807) is 18.6 Å². The fourth-order valence-corrected chi connectivity index (χ4v) is 4.11. The Morgan fingerprint density at radius 2 is 2.36 bits per heavy atom. The summed E-state index contributed by atoms with van der Waals surface area (Å²) in [6, 6.07) is 1.84. The summed E-state index contributed by atoms with van der Waals surface area (Å²) >= 11 is 0. The van der Waals surface area contributed by atoms with Gasteiger partial charge in [0.1, 0.15) is 0 Å². The highest BCUT2D eigenvalue weighted by atomic mass is 16.3. The topological polar surface area (TPSA) is 50.4 Å². The minimum atomic E-state index is -0.429. The molecule has 1 aromatic rings. The third kappa shape index (κ3) is 2.20. The van der Waals surface area contributed by atoms with Gasteiger partial charge in [0, 0.05) is 16.6 Å². The van der Waals surface area contributed by atoms with Crippen molar-refractivity contribution in [3.63, 3.8) is 0 Å². The van der Waals surface area contributed by atoms with Gasteiger partial charge in [0.2, 0.25) is 0 Å². The molecule has 116 valence electrons. The number of aliphatic hydroxyl groups is 1. The molecule has 2 aliphatic rings. The van der Waals surface area contributed by atoms with Gasteiger partial charge in [0.25, 0.3) is 0 Å². The van der Waals surface area contributed by atoms with Crippen LogP contribution in [0, 0.1) is 11.3 Å². The number of carbonyl (C=O) groups excluding carboxylic acids is 1. The first-order valence-electron chi connectivity index (χ1n) is 7.87. The van der Waals surface area contributed by atoms with Gasteiger partial charge in [-0.1, -0.05) is 18.6 Å². The van der Waals surface area contributed by atoms with Gasteiger partial charge in [0.15, 0.2) is 5.78 Å². The van der Waals surface area contributed by atoms with Crippen molar-refractivity contribution in [3.05, 3.63) is 54.0 Å². The fourth-order valence-electron chi connectivity index (χ4n) is 4.11. The number of carbonyl (C=O) groups is 1. The molecular weight excluding hydrogens is 276 g/mol. The number of aliphatic hydroxyl groups excluding tert-OH is 1. The Labute approximate surface area is 131 Å². The van der Waals surface area contributed by atoms with E-state index in [2.05, 4.69) is 13.5 Å². The van der Waals surface area contributed by atoms with E-state index in [9.17, 15) is 9.90 Å². The lowest BCUT2D eigenvalue weighted by Crippen LogP contribution is -2.48. The SMILES string of the molecule is C=CC[C@@]12C(=CC(=O)C(=Cc3ccoc3)[C@@H]1C)CCC[C@@H]2O. The predicted molar refractivity (Wildman–Crippen MR) is 86.0 cm³/mol. The Kier molecular flexibility index (Phi) is 3.92. The smallest absolute Gasteiger partial charge is 0.182 e. The second-order valence-corrected chi connectivity index (χ2v) is 6.35. The second-order valence-electron chi connectivity index (χ2n) is 6.35. The van der Waals surface area contributed by atoms with Crippen molar-refractivity contribution in [1.29, 1.82) is 0 Å². The average Bonchev–Trinajstić information content (AvgIpc) is 2.99. The third-order valence-corrected chi connectivity index (χ3v) is 5.29. The van der Waals surface area contributed by atoms with Gasteiger partial charge in [-0.15, -0.1) is 6.58 Å². The number of hydrogen-bond acceptors (Lipinski definition) is 3. The van der Waals surface area contributed by atoms with Gasteiger partial charge in [-0.3, -0.25) is 4.79 Å². The summed E-state index contributed by atoms with van der Waals surface area (Å²) in [5.74, 6) is 0.0145. The molecule has 0 bridgehead atoms. The van der Waals surface area contributed by atoms with Crippen LogP contribution < -0.4 is 0 Å². The summed E-state index contributed by atoms with van der Waals surface area (Å²) in [7, 11) is 0. The van der Waals surface area contributed by atoms with Gasteiger partial charge < -0.3 is 9.52 Å². The second kappa shape index (κ2) is 5.73. The van der Waals surface area contributed by atoms with Crippen LogP contribution in [0.2, 0.25) is 0 Å². The normalized spacial score (nSPS) is 33.5. The molecule has 0 aliphatic heterocycles. The zero-order valence-electron chi connectivity index (χ0n) is 12.9. The van der Waals surface area contributed by atoms with Gasteiger partial charge in [-0.2, -0.15) is 0 Å². The lowest BCUT2D eigenvalue weighted by molar-refractivity contribution is -0.113. The van der Waals surface area contributed by atoms with Crippen molar-refractivity contribution in [2.24, 2.45) is 11.3 Å². The molecular formula is C19H22O3. The zero-order valence-corrected chi connectivity index (χ0v) is 12.9. The Morgan fingerprint density at radius 1 is 1.55 bits per heavy atom. The van der Waals surface area contributed by atoms with E-state index in [1.807, 2.05) is 18.2 Å². The van der Waals surface area contributed by atoms with Crippen molar-refractivity contribution in [3.8, 4) is 0 Å². The van der Waals surface area contributed by atoms with E-state index < -0.39 is 6.10 Å². The molecule has 22 heavy (non-hydrogen) atoms. The van der Waals surface area contributed by atoms with Crippen LogP contribution in [0.1, 0.15) is 38.2 Å². The maximum atomic E-state index is 12.6. The van der Waals surface area contributed by atoms with Crippen LogP contribution in [-0.2, 0) is 4.79 Å². The van der Waals surface area contributed by atoms with Crippen molar-refractivity contribution >= 4 is 11.9 Å². The predicted octanol–water partition coefficient (Wildman–Crippen LogP) is 3.92. The average molecular weight is 298 g/mol. The largest absolute Gasteiger partial charge is 0.472 e. The molecule has 3 heteroatoms. The molecule has 0 aromatic carbocycles. The Balaban J connectivity index is 2.11.